The zero-order chi connectivity index (χ0) is 25.9. The van der Waals surface area contributed by atoms with Gasteiger partial charge in [0, 0.05) is 37.0 Å². The van der Waals surface area contributed by atoms with Crippen molar-refractivity contribution in [1.29, 1.82) is 0 Å². The Balaban J connectivity index is 1.84. The van der Waals surface area contributed by atoms with Gasteiger partial charge in [0.2, 0.25) is 11.8 Å². The maximum atomic E-state index is 13.0. The average molecular weight is 507 g/mol. The van der Waals surface area contributed by atoms with E-state index in [4.69, 9.17) is 4.74 Å². The van der Waals surface area contributed by atoms with Crippen LogP contribution >= 0.6 is 0 Å². The van der Waals surface area contributed by atoms with Gasteiger partial charge in [0.05, 0.1) is 11.9 Å². The molecule has 2 heterocycles. The lowest BCUT2D eigenvalue weighted by Gasteiger charge is -2.17. The molecule has 4 rings (SSSR count). The van der Waals surface area contributed by atoms with Crippen molar-refractivity contribution in [3.63, 3.8) is 0 Å². The first-order valence-electron chi connectivity index (χ1n) is 11.2. The molecular weight excluding hydrogens is 480 g/mol. The van der Waals surface area contributed by atoms with Crippen molar-refractivity contribution in [3.05, 3.63) is 77.6 Å². The van der Waals surface area contributed by atoms with Crippen molar-refractivity contribution >= 4 is 21.9 Å². The second kappa shape index (κ2) is 10.2. The summed E-state index contributed by atoms with van der Waals surface area (Å²) in [6, 6.07) is 14.3. The van der Waals surface area contributed by atoms with Gasteiger partial charge in [-0.3, -0.25) is 9.48 Å². The minimum absolute atomic E-state index is 0.0219. The molecule has 4 aromatic rings. The van der Waals surface area contributed by atoms with E-state index >= 15 is 0 Å². The standard InChI is InChI=1S/C25H26N6O4S/c1-5-20-22(21-12-7-6-9-16(21)2)28-25(30-36(33,34)19-14-27-31(4)15-19)29-24(20)35-18-11-8-10-17(13-18)23(32)26-3/h6-15H,5H2,1-4H3,(H,26,32)(H,28,29,30). The smallest absolute Gasteiger partial charge is 0.267 e. The first-order valence-corrected chi connectivity index (χ1v) is 12.7. The minimum atomic E-state index is -4.00. The zero-order valence-electron chi connectivity index (χ0n) is 20.3. The van der Waals surface area contributed by atoms with E-state index in [0.29, 0.717) is 29.0 Å². The van der Waals surface area contributed by atoms with Crippen LogP contribution in [0.25, 0.3) is 11.3 Å². The first-order chi connectivity index (χ1) is 17.2. The number of carbonyl (C=O) groups is 1. The van der Waals surface area contributed by atoms with E-state index in [1.165, 1.54) is 17.1 Å². The topological polar surface area (TPSA) is 128 Å². The van der Waals surface area contributed by atoms with Crippen molar-refractivity contribution in [2.24, 2.45) is 7.05 Å². The predicted octanol–water partition coefficient (Wildman–Crippen LogP) is 3.70. The van der Waals surface area contributed by atoms with Gasteiger partial charge in [-0.2, -0.15) is 10.1 Å². The molecule has 0 aliphatic heterocycles. The molecule has 0 saturated heterocycles. The van der Waals surface area contributed by atoms with Crippen LogP contribution in [0.1, 0.15) is 28.4 Å². The highest BCUT2D eigenvalue weighted by atomic mass is 32.2. The van der Waals surface area contributed by atoms with Crippen LogP contribution in [0.2, 0.25) is 0 Å². The molecule has 11 heteroatoms. The van der Waals surface area contributed by atoms with Crippen molar-refractivity contribution < 1.29 is 17.9 Å². The highest BCUT2D eigenvalue weighted by Gasteiger charge is 2.23. The summed E-state index contributed by atoms with van der Waals surface area (Å²) in [5, 5.41) is 6.51. The number of aryl methyl sites for hydroxylation is 2. The van der Waals surface area contributed by atoms with Crippen LogP contribution in [0.3, 0.4) is 0 Å². The summed E-state index contributed by atoms with van der Waals surface area (Å²) >= 11 is 0. The van der Waals surface area contributed by atoms with Crippen LogP contribution in [0, 0.1) is 6.92 Å². The number of nitrogens with zero attached hydrogens (tertiary/aromatic N) is 4. The number of hydrogen-bond donors (Lipinski definition) is 2. The predicted molar refractivity (Wildman–Crippen MR) is 136 cm³/mol. The lowest BCUT2D eigenvalue weighted by atomic mass is 10.0. The average Bonchev–Trinajstić information content (AvgIpc) is 3.31. The van der Waals surface area contributed by atoms with Crippen LogP contribution < -0.4 is 14.8 Å². The molecule has 0 aliphatic carbocycles. The van der Waals surface area contributed by atoms with Gasteiger partial charge in [0.25, 0.3) is 15.9 Å². The molecular formula is C25H26N6O4S. The summed E-state index contributed by atoms with van der Waals surface area (Å²) < 4.78 is 35.9. The van der Waals surface area contributed by atoms with Gasteiger partial charge in [-0.25, -0.2) is 18.1 Å². The summed E-state index contributed by atoms with van der Waals surface area (Å²) in [4.78, 5) is 21.1. The third-order valence-corrected chi connectivity index (χ3v) is 6.76. The molecule has 0 fully saturated rings. The van der Waals surface area contributed by atoms with Gasteiger partial charge < -0.3 is 10.1 Å². The molecule has 0 unspecified atom stereocenters. The number of anilines is 1. The number of carbonyl (C=O) groups excluding carboxylic acids is 1. The molecule has 2 N–H and O–H groups in total. The van der Waals surface area contributed by atoms with E-state index in [2.05, 4.69) is 25.1 Å². The lowest BCUT2D eigenvalue weighted by Crippen LogP contribution is -2.17. The second-order valence-electron chi connectivity index (χ2n) is 8.01. The number of amides is 1. The van der Waals surface area contributed by atoms with Crippen LogP contribution in [0.5, 0.6) is 11.6 Å². The highest BCUT2D eigenvalue weighted by molar-refractivity contribution is 7.92. The second-order valence-corrected chi connectivity index (χ2v) is 9.69. The van der Waals surface area contributed by atoms with E-state index < -0.39 is 10.0 Å². The Morgan fingerprint density at radius 3 is 2.56 bits per heavy atom. The molecule has 0 bridgehead atoms. The largest absolute Gasteiger partial charge is 0.439 e. The molecule has 0 saturated carbocycles. The molecule has 186 valence electrons. The van der Waals surface area contributed by atoms with Crippen LogP contribution in [-0.4, -0.2) is 41.1 Å². The number of hydrogen-bond acceptors (Lipinski definition) is 7. The Morgan fingerprint density at radius 1 is 1.11 bits per heavy atom. The molecule has 10 nitrogen and oxygen atoms in total. The van der Waals surface area contributed by atoms with Crippen molar-refractivity contribution in [2.45, 2.75) is 25.2 Å². The number of aromatic nitrogens is 4. The zero-order valence-corrected chi connectivity index (χ0v) is 21.1. The molecule has 1 amide bonds. The number of ether oxygens (including phenoxy) is 1. The fourth-order valence-corrected chi connectivity index (χ4v) is 4.57. The van der Waals surface area contributed by atoms with Crippen LogP contribution in [0.15, 0.2) is 65.8 Å². The van der Waals surface area contributed by atoms with Gasteiger partial charge in [-0.05, 0) is 37.1 Å². The quantitative estimate of drug-likeness (QED) is 0.373. The van der Waals surface area contributed by atoms with Gasteiger partial charge >= 0.3 is 0 Å². The maximum Gasteiger partial charge on any atom is 0.267 e. The minimum Gasteiger partial charge on any atom is -0.439 e. The third kappa shape index (κ3) is 5.20. The molecule has 2 aromatic heterocycles. The summed E-state index contributed by atoms with van der Waals surface area (Å²) in [5.74, 6) is 0.154. The number of nitrogens with one attached hydrogen (secondary N) is 2. The number of benzene rings is 2. The van der Waals surface area contributed by atoms with E-state index in [1.54, 1.807) is 38.4 Å². The lowest BCUT2D eigenvalue weighted by molar-refractivity contribution is 0.0962. The van der Waals surface area contributed by atoms with Gasteiger partial charge in [0.1, 0.15) is 10.6 Å². The molecule has 36 heavy (non-hydrogen) atoms. The molecule has 0 aliphatic rings. The monoisotopic (exact) mass is 506 g/mol. The molecule has 0 spiro atoms. The summed E-state index contributed by atoms with van der Waals surface area (Å²) in [7, 11) is -0.827. The Kier molecular flexibility index (Phi) is 7.02. The fraction of sp³-hybridized carbons (Fsp3) is 0.200. The Hall–Kier alpha value is -4.25. The maximum absolute atomic E-state index is 13.0. The Morgan fingerprint density at radius 2 is 1.89 bits per heavy atom. The van der Waals surface area contributed by atoms with Crippen molar-refractivity contribution in [1.82, 2.24) is 25.1 Å². The van der Waals surface area contributed by atoms with E-state index in [0.717, 1.165) is 11.1 Å². The third-order valence-electron chi connectivity index (χ3n) is 5.48. The SMILES string of the molecule is CCc1c(Oc2cccc(C(=O)NC)c2)nc(NS(=O)(=O)c2cnn(C)c2)nc1-c1ccccc1C. The molecule has 2 aromatic carbocycles. The number of rotatable bonds is 8. The fourth-order valence-electron chi connectivity index (χ4n) is 3.65. The Labute approximate surface area is 209 Å². The molecule has 0 radical (unpaired) electrons. The normalized spacial score (nSPS) is 11.2. The van der Waals surface area contributed by atoms with Crippen LogP contribution in [-0.2, 0) is 23.5 Å². The Bertz CT molecular complexity index is 1530. The van der Waals surface area contributed by atoms with Crippen LogP contribution in [0.4, 0.5) is 5.95 Å². The van der Waals surface area contributed by atoms with Gasteiger partial charge in [-0.1, -0.05) is 37.3 Å². The van der Waals surface area contributed by atoms with E-state index in [1.807, 2.05) is 38.1 Å². The number of sulfonamides is 1. The molecule has 0 atom stereocenters. The van der Waals surface area contributed by atoms with Gasteiger partial charge in [-0.15, -0.1) is 0 Å². The van der Waals surface area contributed by atoms with E-state index in [-0.39, 0.29) is 22.6 Å². The first kappa shape index (κ1) is 24.9. The highest BCUT2D eigenvalue weighted by Crippen LogP contribution is 2.34. The summed E-state index contributed by atoms with van der Waals surface area (Å²) in [6.07, 6.45) is 3.14. The summed E-state index contributed by atoms with van der Waals surface area (Å²) in [6.45, 7) is 3.89. The van der Waals surface area contributed by atoms with Crippen molar-refractivity contribution in [2.75, 3.05) is 11.8 Å². The van der Waals surface area contributed by atoms with E-state index in [9.17, 15) is 13.2 Å². The summed E-state index contributed by atoms with van der Waals surface area (Å²) in [5.41, 5.74) is 3.44. The van der Waals surface area contributed by atoms with Gasteiger partial charge in [0.15, 0.2) is 0 Å². The van der Waals surface area contributed by atoms with Crippen molar-refractivity contribution in [3.8, 4) is 22.9 Å².